The van der Waals surface area contributed by atoms with Gasteiger partial charge in [-0.1, -0.05) is 5.92 Å². The van der Waals surface area contributed by atoms with E-state index in [1.165, 1.54) is 6.92 Å². The Morgan fingerprint density at radius 2 is 2.33 bits per heavy atom. The Morgan fingerprint density at radius 1 is 1.75 bits per heavy atom. The topological polar surface area (TPSA) is 75.6 Å². The van der Waals surface area contributed by atoms with Crippen LogP contribution in [0, 0.1) is 12.3 Å². The standard InChI is InChI=1S/C7H9NO4/c1-3-4-12-7(11)8-5(2)6(9)10/h1,5H,4H2,2H3,(H,8,11)(H,9,10)/t5-/m0/s1. The lowest BCUT2D eigenvalue weighted by molar-refractivity contribution is -0.138. The van der Waals surface area contributed by atoms with E-state index >= 15 is 0 Å². The van der Waals surface area contributed by atoms with E-state index in [-0.39, 0.29) is 6.61 Å². The molecule has 66 valence electrons. The third-order valence-electron chi connectivity index (χ3n) is 0.991. The first-order chi connectivity index (χ1) is 5.57. The van der Waals surface area contributed by atoms with E-state index in [0.717, 1.165) is 0 Å². The number of carboxylic acids is 1. The number of hydrogen-bond acceptors (Lipinski definition) is 3. The van der Waals surface area contributed by atoms with Crippen molar-refractivity contribution in [2.75, 3.05) is 6.61 Å². The number of hydrogen-bond donors (Lipinski definition) is 2. The van der Waals surface area contributed by atoms with Gasteiger partial charge in [-0.2, -0.15) is 0 Å². The van der Waals surface area contributed by atoms with Gasteiger partial charge in [0.15, 0.2) is 6.61 Å². The van der Waals surface area contributed by atoms with Crippen LogP contribution >= 0.6 is 0 Å². The molecule has 0 fully saturated rings. The fourth-order valence-corrected chi connectivity index (χ4v) is 0.387. The van der Waals surface area contributed by atoms with Crippen molar-refractivity contribution in [3.8, 4) is 12.3 Å². The summed E-state index contributed by atoms with van der Waals surface area (Å²) in [4.78, 5) is 20.8. The summed E-state index contributed by atoms with van der Waals surface area (Å²) in [7, 11) is 0. The Morgan fingerprint density at radius 3 is 2.75 bits per heavy atom. The highest BCUT2D eigenvalue weighted by molar-refractivity contribution is 5.79. The van der Waals surface area contributed by atoms with Gasteiger partial charge in [0, 0.05) is 0 Å². The Kier molecular flexibility index (Phi) is 4.31. The average Bonchev–Trinajstić information content (AvgIpc) is 2.00. The molecule has 0 heterocycles. The number of ether oxygens (including phenoxy) is 1. The highest BCUT2D eigenvalue weighted by Crippen LogP contribution is 1.83. The van der Waals surface area contributed by atoms with Crippen molar-refractivity contribution in [1.82, 2.24) is 5.32 Å². The molecule has 0 unspecified atom stereocenters. The van der Waals surface area contributed by atoms with Crippen LogP contribution in [0.15, 0.2) is 0 Å². The first-order valence-corrected chi connectivity index (χ1v) is 3.17. The van der Waals surface area contributed by atoms with E-state index in [2.05, 4.69) is 16.0 Å². The van der Waals surface area contributed by atoms with Crippen LogP contribution in [-0.4, -0.2) is 29.8 Å². The summed E-state index contributed by atoms with van der Waals surface area (Å²) in [5.74, 6) is 0.939. The van der Waals surface area contributed by atoms with Crippen LogP contribution in [0.3, 0.4) is 0 Å². The van der Waals surface area contributed by atoms with Gasteiger partial charge in [0.25, 0.3) is 0 Å². The molecule has 1 amide bonds. The molecule has 0 aromatic carbocycles. The smallest absolute Gasteiger partial charge is 0.408 e. The summed E-state index contributed by atoms with van der Waals surface area (Å²) in [5.41, 5.74) is 0. The van der Waals surface area contributed by atoms with Gasteiger partial charge in [0.1, 0.15) is 6.04 Å². The van der Waals surface area contributed by atoms with Crippen molar-refractivity contribution in [1.29, 1.82) is 0 Å². The fraction of sp³-hybridized carbons (Fsp3) is 0.429. The summed E-state index contributed by atoms with van der Waals surface area (Å²) in [6.07, 6.45) is 3.97. The van der Waals surface area contributed by atoms with Crippen LogP contribution in [0.1, 0.15) is 6.92 Å². The zero-order valence-corrected chi connectivity index (χ0v) is 6.53. The molecule has 5 heteroatoms. The van der Waals surface area contributed by atoms with Gasteiger partial charge in [0.05, 0.1) is 0 Å². The summed E-state index contributed by atoms with van der Waals surface area (Å²) < 4.78 is 4.36. The number of carboxylic acid groups (broad SMARTS) is 1. The molecule has 0 bridgehead atoms. The number of alkyl carbamates (subject to hydrolysis) is 1. The van der Waals surface area contributed by atoms with Crippen molar-refractivity contribution in [3.05, 3.63) is 0 Å². The van der Waals surface area contributed by atoms with E-state index in [9.17, 15) is 9.59 Å². The number of carbonyl (C=O) groups excluding carboxylic acids is 1. The number of aliphatic carboxylic acids is 1. The highest BCUT2D eigenvalue weighted by Gasteiger charge is 2.13. The third kappa shape index (κ3) is 4.17. The summed E-state index contributed by atoms with van der Waals surface area (Å²) in [5, 5.41) is 10.4. The van der Waals surface area contributed by atoms with Crippen LogP contribution in [0.2, 0.25) is 0 Å². The van der Waals surface area contributed by atoms with E-state index in [0.29, 0.717) is 0 Å². The molecular formula is C7H9NO4. The minimum atomic E-state index is -1.13. The second kappa shape index (κ2) is 5.02. The maximum atomic E-state index is 10.6. The summed E-state index contributed by atoms with van der Waals surface area (Å²) in [6.45, 7) is 1.15. The van der Waals surface area contributed by atoms with Crippen molar-refractivity contribution in [2.45, 2.75) is 13.0 Å². The summed E-state index contributed by atoms with van der Waals surface area (Å²) in [6, 6.07) is -0.977. The highest BCUT2D eigenvalue weighted by atomic mass is 16.5. The van der Waals surface area contributed by atoms with Crippen molar-refractivity contribution >= 4 is 12.1 Å². The Bertz CT molecular complexity index is 218. The molecule has 0 aliphatic carbocycles. The molecule has 0 aliphatic rings. The first kappa shape index (κ1) is 10.3. The number of rotatable bonds is 3. The van der Waals surface area contributed by atoms with E-state index in [1.807, 2.05) is 0 Å². The largest absolute Gasteiger partial charge is 0.480 e. The van der Waals surface area contributed by atoms with Gasteiger partial charge in [-0.15, -0.1) is 6.42 Å². The molecule has 0 rings (SSSR count). The van der Waals surface area contributed by atoms with Crippen molar-refractivity contribution < 1.29 is 19.4 Å². The van der Waals surface area contributed by atoms with Crippen LogP contribution in [0.5, 0.6) is 0 Å². The Labute approximate surface area is 69.7 Å². The average molecular weight is 171 g/mol. The quantitative estimate of drug-likeness (QED) is 0.577. The van der Waals surface area contributed by atoms with E-state index in [1.54, 1.807) is 0 Å². The fourth-order valence-electron chi connectivity index (χ4n) is 0.387. The second-order valence-corrected chi connectivity index (χ2v) is 1.98. The minimum absolute atomic E-state index is 0.168. The maximum Gasteiger partial charge on any atom is 0.408 e. The zero-order valence-electron chi connectivity index (χ0n) is 6.53. The van der Waals surface area contributed by atoms with Gasteiger partial charge in [-0.3, -0.25) is 4.79 Å². The van der Waals surface area contributed by atoms with Gasteiger partial charge >= 0.3 is 12.1 Å². The lowest BCUT2D eigenvalue weighted by Crippen LogP contribution is -2.38. The molecule has 0 aromatic heterocycles. The second-order valence-electron chi connectivity index (χ2n) is 1.98. The molecule has 5 nitrogen and oxygen atoms in total. The van der Waals surface area contributed by atoms with Gasteiger partial charge in [-0.05, 0) is 6.92 Å². The predicted octanol–water partition coefficient (Wildman–Crippen LogP) is -0.181. The lowest BCUT2D eigenvalue weighted by Gasteiger charge is -2.07. The van der Waals surface area contributed by atoms with Crippen LogP contribution < -0.4 is 5.32 Å². The Hall–Kier alpha value is -1.70. The molecule has 1 atom stereocenters. The van der Waals surface area contributed by atoms with Crippen molar-refractivity contribution in [3.63, 3.8) is 0 Å². The molecule has 0 aromatic rings. The van der Waals surface area contributed by atoms with Crippen molar-refractivity contribution in [2.24, 2.45) is 0 Å². The minimum Gasteiger partial charge on any atom is -0.480 e. The predicted molar refractivity (Wildman–Crippen MR) is 40.4 cm³/mol. The normalized spacial score (nSPS) is 11.0. The molecule has 0 radical (unpaired) electrons. The SMILES string of the molecule is C#CCOC(=O)N[C@@H](C)C(=O)O. The third-order valence-corrected chi connectivity index (χ3v) is 0.991. The lowest BCUT2D eigenvalue weighted by atomic mass is 10.4. The molecule has 12 heavy (non-hydrogen) atoms. The summed E-state index contributed by atoms with van der Waals surface area (Å²) >= 11 is 0. The van der Waals surface area contributed by atoms with Gasteiger partial charge in [-0.25, -0.2) is 4.79 Å². The number of carbonyl (C=O) groups is 2. The first-order valence-electron chi connectivity index (χ1n) is 3.17. The molecule has 0 saturated carbocycles. The number of nitrogens with one attached hydrogen (secondary N) is 1. The zero-order chi connectivity index (χ0) is 9.56. The number of amides is 1. The van der Waals surface area contributed by atoms with E-state index in [4.69, 9.17) is 11.5 Å². The molecule has 0 aliphatic heterocycles. The van der Waals surface area contributed by atoms with Gasteiger partial charge in [0.2, 0.25) is 0 Å². The molecule has 0 spiro atoms. The molecule has 0 saturated heterocycles. The molecule has 2 N–H and O–H groups in total. The number of terminal acetylenes is 1. The molecular weight excluding hydrogens is 162 g/mol. The monoisotopic (exact) mass is 171 g/mol. The van der Waals surface area contributed by atoms with Crippen LogP contribution in [0.4, 0.5) is 4.79 Å². The van der Waals surface area contributed by atoms with Gasteiger partial charge < -0.3 is 15.2 Å². The van der Waals surface area contributed by atoms with E-state index < -0.39 is 18.1 Å². The van der Waals surface area contributed by atoms with Crippen LogP contribution in [0.25, 0.3) is 0 Å². The van der Waals surface area contributed by atoms with Crippen LogP contribution in [-0.2, 0) is 9.53 Å². The Balaban J connectivity index is 3.71. The maximum absolute atomic E-state index is 10.6.